The molecule has 98 valence electrons. The van der Waals surface area contributed by atoms with Crippen LogP contribution < -0.4 is 0 Å². The van der Waals surface area contributed by atoms with Crippen LogP contribution in [0.1, 0.15) is 0 Å². The second kappa shape index (κ2) is 5.59. The summed E-state index contributed by atoms with van der Waals surface area (Å²) in [5, 5.41) is 0. The molecule has 0 spiro atoms. The van der Waals surface area contributed by atoms with E-state index in [9.17, 15) is 4.39 Å². The van der Waals surface area contributed by atoms with Crippen LogP contribution >= 0.6 is 15.9 Å². The highest BCUT2D eigenvalue weighted by Gasteiger charge is 2.14. The third-order valence-electron chi connectivity index (χ3n) is 3.24. The zero-order chi connectivity index (χ0) is 13.9. The normalized spacial score (nSPS) is 10.5. The lowest BCUT2D eigenvalue weighted by atomic mass is 9.98. The van der Waals surface area contributed by atoms with Gasteiger partial charge in [-0.2, -0.15) is 0 Å². The molecule has 0 aliphatic heterocycles. The van der Waals surface area contributed by atoms with E-state index in [1.165, 1.54) is 0 Å². The molecule has 0 amide bonds. The van der Waals surface area contributed by atoms with Crippen molar-refractivity contribution in [1.82, 2.24) is 0 Å². The van der Waals surface area contributed by atoms with Gasteiger partial charge < -0.3 is 0 Å². The lowest BCUT2D eigenvalue weighted by Gasteiger charge is -2.11. The summed E-state index contributed by atoms with van der Waals surface area (Å²) in [5.74, 6) is -0.197. The second-order valence-electron chi connectivity index (χ2n) is 4.52. The summed E-state index contributed by atoms with van der Waals surface area (Å²) in [6.45, 7) is 0. The molecule has 0 nitrogen and oxygen atoms in total. The fraction of sp³-hybridized carbons (Fsp3) is 0. The summed E-state index contributed by atoms with van der Waals surface area (Å²) < 4.78 is 15.6. The largest absolute Gasteiger partial charge is 0.206 e. The van der Waals surface area contributed by atoms with Crippen molar-refractivity contribution < 1.29 is 4.39 Å². The molecule has 3 aromatic carbocycles. The van der Waals surface area contributed by atoms with Crippen LogP contribution in [-0.2, 0) is 0 Å². The van der Waals surface area contributed by atoms with Gasteiger partial charge in [0.15, 0.2) is 0 Å². The van der Waals surface area contributed by atoms with E-state index in [1.807, 2.05) is 66.7 Å². The maximum atomic E-state index is 14.9. The number of rotatable bonds is 2. The van der Waals surface area contributed by atoms with E-state index in [2.05, 4.69) is 15.9 Å². The fourth-order valence-corrected chi connectivity index (χ4v) is 2.80. The van der Waals surface area contributed by atoms with E-state index in [0.717, 1.165) is 15.6 Å². The van der Waals surface area contributed by atoms with Crippen molar-refractivity contribution in [3.8, 4) is 22.3 Å². The van der Waals surface area contributed by atoms with Gasteiger partial charge in [-0.3, -0.25) is 0 Å². The van der Waals surface area contributed by atoms with Crippen LogP contribution in [-0.4, -0.2) is 0 Å². The number of hydrogen-bond donors (Lipinski definition) is 0. The maximum Gasteiger partial charge on any atom is 0.139 e. The van der Waals surface area contributed by atoms with Crippen molar-refractivity contribution in [2.45, 2.75) is 0 Å². The number of benzene rings is 3. The molecular formula is C18H12BrF. The first-order valence-corrected chi connectivity index (χ1v) is 7.15. The van der Waals surface area contributed by atoms with Crippen LogP contribution in [0.15, 0.2) is 77.3 Å². The third-order valence-corrected chi connectivity index (χ3v) is 3.90. The van der Waals surface area contributed by atoms with Gasteiger partial charge in [-0.15, -0.1) is 0 Å². The van der Waals surface area contributed by atoms with Gasteiger partial charge in [0.1, 0.15) is 5.82 Å². The summed E-state index contributed by atoms with van der Waals surface area (Å²) in [6, 6.07) is 22.9. The van der Waals surface area contributed by atoms with Crippen LogP contribution in [0.5, 0.6) is 0 Å². The Morgan fingerprint density at radius 1 is 0.650 bits per heavy atom. The molecule has 0 bridgehead atoms. The molecule has 0 N–H and O–H groups in total. The molecule has 3 rings (SSSR count). The Morgan fingerprint density at radius 3 is 1.80 bits per heavy atom. The van der Waals surface area contributed by atoms with Crippen LogP contribution in [0, 0.1) is 5.82 Å². The van der Waals surface area contributed by atoms with Crippen molar-refractivity contribution in [1.29, 1.82) is 0 Å². The summed E-state index contributed by atoms with van der Waals surface area (Å²) in [4.78, 5) is 0. The van der Waals surface area contributed by atoms with Gasteiger partial charge in [0.05, 0.1) is 0 Å². The third kappa shape index (κ3) is 2.39. The molecule has 2 heteroatoms. The maximum absolute atomic E-state index is 14.9. The Labute approximate surface area is 126 Å². The number of hydrogen-bond acceptors (Lipinski definition) is 0. The van der Waals surface area contributed by atoms with Crippen LogP contribution in [0.25, 0.3) is 22.3 Å². The summed E-state index contributed by atoms with van der Waals surface area (Å²) in [6.07, 6.45) is 0. The van der Waals surface area contributed by atoms with E-state index in [1.54, 1.807) is 6.07 Å². The highest BCUT2D eigenvalue weighted by atomic mass is 79.9. The van der Waals surface area contributed by atoms with Gasteiger partial charge in [0, 0.05) is 15.6 Å². The average molecular weight is 327 g/mol. The molecule has 0 aliphatic rings. The summed E-state index contributed by atoms with van der Waals surface area (Å²) in [7, 11) is 0. The molecule has 0 saturated carbocycles. The van der Waals surface area contributed by atoms with E-state index in [-0.39, 0.29) is 5.82 Å². The Bertz CT molecular complexity index is 721. The highest BCUT2D eigenvalue weighted by molar-refractivity contribution is 9.10. The predicted molar refractivity (Wildman–Crippen MR) is 85.0 cm³/mol. The monoisotopic (exact) mass is 326 g/mol. The van der Waals surface area contributed by atoms with Crippen LogP contribution in [0.2, 0.25) is 0 Å². The molecule has 20 heavy (non-hydrogen) atoms. The Hall–Kier alpha value is -1.93. The SMILES string of the molecule is Fc1c(-c2ccccc2)ccc(Br)c1-c1ccccc1. The molecular weight excluding hydrogens is 315 g/mol. The van der Waals surface area contributed by atoms with E-state index in [0.29, 0.717) is 11.1 Å². The average Bonchev–Trinajstić information content (AvgIpc) is 2.49. The topological polar surface area (TPSA) is 0 Å². The lowest BCUT2D eigenvalue weighted by molar-refractivity contribution is 0.634. The van der Waals surface area contributed by atoms with Crippen molar-refractivity contribution in [3.63, 3.8) is 0 Å². The molecule has 0 atom stereocenters. The summed E-state index contributed by atoms with van der Waals surface area (Å²) in [5.41, 5.74) is 2.98. The van der Waals surface area contributed by atoms with Gasteiger partial charge >= 0.3 is 0 Å². The quantitative estimate of drug-likeness (QED) is 0.548. The van der Waals surface area contributed by atoms with Crippen molar-refractivity contribution >= 4 is 15.9 Å². The minimum absolute atomic E-state index is 0.197. The van der Waals surface area contributed by atoms with Crippen LogP contribution in [0.3, 0.4) is 0 Å². The zero-order valence-electron chi connectivity index (χ0n) is 10.7. The van der Waals surface area contributed by atoms with Gasteiger partial charge in [-0.05, 0) is 17.2 Å². The minimum Gasteiger partial charge on any atom is -0.206 e. The van der Waals surface area contributed by atoms with E-state index < -0.39 is 0 Å². The van der Waals surface area contributed by atoms with Gasteiger partial charge in [0.2, 0.25) is 0 Å². The molecule has 3 aromatic rings. The van der Waals surface area contributed by atoms with Crippen molar-refractivity contribution in [3.05, 3.63) is 83.1 Å². The Morgan fingerprint density at radius 2 is 1.20 bits per heavy atom. The molecule has 0 radical (unpaired) electrons. The predicted octanol–water partition coefficient (Wildman–Crippen LogP) is 5.92. The van der Waals surface area contributed by atoms with Gasteiger partial charge in [0.25, 0.3) is 0 Å². The molecule has 0 aromatic heterocycles. The first-order valence-electron chi connectivity index (χ1n) is 6.36. The van der Waals surface area contributed by atoms with E-state index in [4.69, 9.17) is 0 Å². The standard InChI is InChI=1S/C18H12BrF/c19-16-12-11-15(13-7-3-1-4-8-13)18(20)17(16)14-9-5-2-6-10-14/h1-12H. The molecule has 0 heterocycles. The lowest BCUT2D eigenvalue weighted by Crippen LogP contribution is -1.91. The summed E-state index contributed by atoms with van der Waals surface area (Å²) >= 11 is 3.45. The molecule has 0 unspecified atom stereocenters. The smallest absolute Gasteiger partial charge is 0.139 e. The Kier molecular flexibility index (Phi) is 3.66. The highest BCUT2D eigenvalue weighted by Crippen LogP contribution is 2.36. The van der Waals surface area contributed by atoms with Crippen molar-refractivity contribution in [2.75, 3.05) is 0 Å². The first-order chi connectivity index (χ1) is 9.77. The number of halogens is 2. The van der Waals surface area contributed by atoms with Crippen molar-refractivity contribution in [2.24, 2.45) is 0 Å². The first kappa shape index (κ1) is 13.1. The minimum atomic E-state index is -0.197. The Balaban J connectivity index is 2.22. The van der Waals surface area contributed by atoms with Crippen LogP contribution in [0.4, 0.5) is 4.39 Å². The second-order valence-corrected chi connectivity index (χ2v) is 5.37. The van der Waals surface area contributed by atoms with E-state index >= 15 is 0 Å². The van der Waals surface area contributed by atoms with Gasteiger partial charge in [-0.25, -0.2) is 4.39 Å². The zero-order valence-corrected chi connectivity index (χ0v) is 12.3. The molecule has 0 aliphatic carbocycles. The molecule has 0 saturated heterocycles. The van der Waals surface area contributed by atoms with Gasteiger partial charge in [-0.1, -0.05) is 82.7 Å². The molecule has 0 fully saturated rings. The fourth-order valence-electron chi connectivity index (χ4n) is 2.26.